The van der Waals surface area contributed by atoms with Gasteiger partial charge in [0, 0.05) is 33.3 Å². The first-order valence-corrected chi connectivity index (χ1v) is 8.80. The normalized spacial score (nSPS) is 15.7. The standard InChI is InChI=1S/C19H23F3N4O/c1-25(2)17-12-16(19(20,21)22)23-18(24-17)26-9-7-13(8-10-26)14-5-4-6-15(11-14)27-3/h4-6,11-13H,7-10H2,1-3H3. The van der Waals surface area contributed by atoms with Gasteiger partial charge in [0.25, 0.3) is 0 Å². The van der Waals surface area contributed by atoms with Crippen molar-refractivity contribution in [2.45, 2.75) is 24.9 Å². The lowest BCUT2D eigenvalue weighted by molar-refractivity contribution is -0.141. The summed E-state index contributed by atoms with van der Waals surface area (Å²) < 4.78 is 44.9. The van der Waals surface area contributed by atoms with E-state index in [0.717, 1.165) is 24.7 Å². The van der Waals surface area contributed by atoms with E-state index in [1.807, 2.05) is 23.1 Å². The van der Waals surface area contributed by atoms with Gasteiger partial charge >= 0.3 is 6.18 Å². The fraction of sp³-hybridized carbons (Fsp3) is 0.474. The van der Waals surface area contributed by atoms with Crippen LogP contribution in [-0.2, 0) is 6.18 Å². The van der Waals surface area contributed by atoms with E-state index < -0.39 is 11.9 Å². The van der Waals surface area contributed by atoms with Crippen molar-refractivity contribution >= 4 is 11.8 Å². The van der Waals surface area contributed by atoms with Crippen LogP contribution in [0.3, 0.4) is 0 Å². The summed E-state index contributed by atoms with van der Waals surface area (Å²) in [6, 6.07) is 8.92. The van der Waals surface area contributed by atoms with Gasteiger partial charge in [0.15, 0.2) is 5.69 Å². The summed E-state index contributed by atoms with van der Waals surface area (Å²) in [4.78, 5) is 11.5. The number of benzene rings is 1. The largest absolute Gasteiger partial charge is 0.497 e. The van der Waals surface area contributed by atoms with Gasteiger partial charge < -0.3 is 14.5 Å². The minimum Gasteiger partial charge on any atom is -0.497 e. The lowest BCUT2D eigenvalue weighted by atomic mass is 9.89. The van der Waals surface area contributed by atoms with E-state index in [2.05, 4.69) is 16.0 Å². The Morgan fingerprint density at radius 3 is 2.41 bits per heavy atom. The first-order chi connectivity index (χ1) is 12.8. The number of hydrogen-bond acceptors (Lipinski definition) is 5. The molecule has 0 saturated carbocycles. The second-order valence-electron chi connectivity index (χ2n) is 6.84. The number of aromatic nitrogens is 2. The van der Waals surface area contributed by atoms with Crippen LogP contribution in [0.25, 0.3) is 0 Å². The van der Waals surface area contributed by atoms with Gasteiger partial charge in [-0.15, -0.1) is 0 Å². The molecule has 0 radical (unpaired) electrons. The molecule has 2 heterocycles. The second-order valence-corrected chi connectivity index (χ2v) is 6.84. The van der Waals surface area contributed by atoms with E-state index in [-0.39, 0.29) is 11.8 Å². The Kier molecular flexibility index (Phi) is 5.43. The Balaban J connectivity index is 1.78. The molecule has 0 N–H and O–H groups in total. The maximum Gasteiger partial charge on any atom is 0.433 e. The molecule has 5 nitrogen and oxygen atoms in total. The number of nitrogens with zero attached hydrogens (tertiary/aromatic N) is 4. The van der Waals surface area contributed by atoms with Crippen molar-refractivity contribution < 1.29 is 17.9 Å². The Morgan fingerprint density at radius 1 is 1.11 bits per heavy atom. The first-order valence-electron chi connectivity index (χ1n) is 8.80. The summed E-state index contributed by atoms with van der Waals surface area (Å²) in [7, 11) is 4.97. The van der Waals surface area contributed by atoms with E-state index in [9.17, 15) is 13.2 Å². The Morgan fingerprint density at radius 2 is 1.81 bits per heavy atom. The van der Waals surface area contributed by atoms with Crippen LogP contribution in [0.15, 0.2) is 30.3 Å². The van der Waals surface area contributed by atoms with Crippen molar-refractivity contribution in [3.05, 3.63) is 41.6 Å². The van der Waals surface area contributed by atoms with Crippen molar-refractivity contribution in [1.29, 1.82) is 0 Å². The minimum absolute atomic E-state index is 0.137. The van der Waals surface area contributed by atoms with Crippen LogP contribution in [0.2, 0.25) is 0 Å². The fourth-order valence-corrected chi connectivity index (χ4v) is 3.25. The number of hydrogen-bond donors (Lipinski definition) is 0. The predicted octanol–water partition coefficient (Wildman–Crippen LogP) is 3.95. The molecular weight excluding hydrogens is 357 g/mol. The van der Waals surface area contributed by atoms with Crippen LogP contribution in [0.4, 0.5) is 24.9 Å². The highest BCUT2D eigenvalue weighted by Crippen LogP contribution is 2.34. The summed E-state index contributed by atoms with van der Waals surface area (Å²) in [5, 5.41) is 0. The van der Waals surface area contributed by atoms with Gasteiger partial charge in [-0.1, -0.05) is 12.1 Å². The number of alkyl halides is 3. The summed E-state index contributed by atoms with van der Waals surface area (Å²) in [6.45, 7) is 1.21. The molecule has 0 spiro atoms. The molecule has 8 heteroatoms. The van der Waals surface area contributed by atoms with Crippen LogP contribution >= 0.6 is 0 Å². The molecule has 27 heavy (non-hydrogen) atoms. The second kappa shape index (κ2) is 7.62. The monoisotopic (exact) mass is 380 g/mol. The third kappa shape index (κ3) is 4.43. The maximum atomic E-state index is 13.2. The highest BCUT2D eigenvalue weighted by atomic mass is 19.4. The molecule has 1 aliphatic rings. The minimum atomic E-state index is -4.50. The maximum absolute atomic E-state index is 13.2. The van der Waals surface area contributed by atoms with Crippen molar-refractivity contribution in [3.63, 3.8) is 0 Å². The molecule has 1 aliphatic heterocycles. The molecular formula is C19H23F3N4O. The van der Waals surface area contributed by atoms with Crippen molar-refractivity contribution in [2.75, 3.05) is 44.1 Å². The van der Waals surface area contributed by atoms with Gasteiger partial charge in [0.1, 0.15) is 11.6 Å². The van der Waals surface area contributed by atoms with Crippen LogP contribution in [0.1, 0.15) is 30.0 Å². The summed E-state index contributed by atoms with van der Waals surface area (Å²) in [5.41, 5.74) is 0.277. The van der Waals surface area contributed by atoms with Gasteiger partial charge in [-0.05, 0) is 36.5 Å². The Bertz CT molecular complexity index is 787. The molecule has 1 fully saturated rings. The Labute approximate surface area is 156 Å². The summed E-state index contributed by atoms with van der Waals surface area (Å²) >= 11 is 0. The van der Waals surface area contributed by atoms with Gasteiger partial charge in [-0.3, -0.25) is 0 Å². The SMILES string of the molecule is COc1cccc(C2CCN(c3nc(N(C)C)cc(C(F)(F)F)n3)CC2)c1. The van der Waals surface area contributed by atoms with Crippen LogP contribution in [0, 0.1) is 0 Å². The Hall–Kier alpha value is -2.51. The van der Waals surface area contributed by atoms with Crippen LogP contribution in [0.5, 0.6) is 5.75 Å². The quantitative estimate of drug-likeness (QED) is 0.803. The molecule has 2 aromatic rings. The number of halogens is 3. The number of anilines is 2. The smallest absolute Gasteiger partial charge is 0.433 e. The zero-order valence-electron chi connectivity index (χ0n) is 15.6. The molecule has 0 bridgehead atoms. The number of rotatable bonds is 4. The van der Waals surface area contributed by atoms with Crippen LogP contribution < -0.4 is 14.5 Å². The van der Waals surface area contributed by atoms with E-state index >= 15 is 0 Å². The number of methoxy groups -OCH3 is 1. The molecule has 146 valence electrons. The molecule has 3 rings (SSSR count). The van der Waals surface area contributed by atoms with E-state index in [1.165, 1.54) is 5.56 Å². The molecule has 0 aliphatic carbocycles. The van der Waals surface area contributed by atoms with E-state index in [0.29, 0.717) is 19.0 Å². The molecule has 0 atom stereocenters. The zero-order valence-corrected chi connectivity index (χ0v) is 15.6. The molecule has 0 unspecified atom stereocenters. The average molecular weight is 380 g/mol. The molecule has 0 amide bonds. The highest BCUT2D eigenvalue weighted by Gasteiger charge is 2.35. The number of piperidine rings is 1. The third-order valence-corrected chi connectivity index (χ3v) is 4.79. The molecule has 1 saturated heterocycles. The third-order valence-electron chi connectivity index (χ3n) is 4.79. The van der Waals surface area contributed by atoms with Crippen LogP contribution in [-0.4, -0.2) is 44.3 Å². The summed E-state index contributed by atoms with van der Waals surface area (Å²) in [5.74, 6) is 1.54. The molecule has 1 aromatic carbocycles. The van der Waals surface area contributed by atoms with Gasteiger partial charge in [0.2, 0.25) is 5.95 Å². The average Bonchev–Trinajstić information content (AvgIpc) is 2.67. The lowest BCUT2D eigenvalue weighted by Crippen LogP contribution is -2.35. The van der Waals surface area contributed by atoms with E-state index in [1.54, 1.807) is 26.1 Å². The first kappa shape index (κ1) is 19.3. The lowest BCUT2D eigenvalue weighted by Gasteiger charge is -2.33. The topological polar surface area (TPSA) is 41.5 Å². The van der Waals surface area contributed by atoms with Crippen molar-refractivity contribution in [3.8, 4) is 5.75 Å². The zero-order chi connectivity index (χ0) is 19.6. The number of ether oxygens (including phenoxy) is 1. The predicted molar refractivity (Wildman–Crippen MR) is 98.5 cm³/mol. The van der Waals surface area contributed by atoms with Gasteiger partial charge in [-0.2, -0.15) is 18.2 Å². The van der Waals surface area contributed by atoms with Gasteiger partial charge in [-0.25, -0.2) is 4.98 Å². The van der Waals surface area contributed by atoms with Crippen molar-refractivity contribution in [1.82, 2.24) is 9.97 Å². The fourth-order valence-electron chi connectivity index (χ4n) is 3.25. The highest BCUT2D eigenvalue weighted by molar-refractivity contribution is 5.46. The molecule has 1 aromatic heterocycles. The van der Waals surface area contributed by atoms with Crippen molar-refractivity contribution in [2.24, 2.45) is 0 Å². The van der Waals surface area contributed by atoms with E-state index in [4.69, 9.17) is 4.74 Å². The van der Waals surface area contributed by atoms with Gasteiger partial charge in [0.05, 0.1) is 7.11 Å². The summed E-state index contributed by atoms with van der Waals surface area (Å²) in [6.07, 6.45) is -2.85.